The van der Waals surface area contributed by atoms with Crippen LogP contribution in [0.3, 0.4) is 0 Å². The quantitative estimate of drug-likeness (QED) is 0.153. The molecule has 9 heteroatoms. The Morgan fingerprint density at radius 2 is 1.70 bits per heavy atom. The van der Waals surface area contributed by atoms with E-state index < -0.39 is 39.6 Å². The number of benzene rings is 1. The summed E-state index contributed by atoms with van der Waals surface area (Å²) in [5.41, 5.74) is -1.32. The number of nitrogens with zero attached hydrogens (tertiary/aromatic N) is 1. The van der Waals surface area contributed by atoms with Crippen molar-refractivity contribution in [1.82, 2.24) is 0 Å². The molecule has 9 nitrogen and oxygen atoms in total. The Kier molecular flexibility index (Phi) is 6.07. The van der Waals surface area contributed by atoms with Gasteiger partial charge in [-0.25, -0.2) is 9.59 Å². The molecule has 1 aromatic rings. The van der Waals surface area contributed by atoms with E-state index in [1.807, 2.05) is 0 Å². The Labute approximate surface area is 130 Å². The molecule has 0 aliphatic carbocycles. The maximum Gasteiger partial charge on any atom is 0.345 e. The maximum atomic E-state index is 11.8. The van der Waals surface area contributed by atoms with Crippen LogP contribution in [0.5, 0.6) is 11.5 Å². The molecular weight excluding hydrogens is 310 g/mol. The molecule has 0 radical (unpaired) electrons. The molecule has 0 heterocycles. The summed E-state index contributed by atoms with van der Waals surface area (Å²) in [5.74, 6) is -3.62. The summed E-state index contributed by atoms with van der Waals surface area (Å²) >= 11 is 0. The molecule has 0 saturated heterocycles. The monoisotopic (exact) mass is 325 g/mol. The molecule has 0 aromatic heterocycles. The predicted octanol–water partition coefficient (Wildman–Crippen LogP) is 1.52. The van der Waals surface area contributed by atoms with Crippen molar-refractivity contribution in [2.75, 3.05) is 13.2 Å². The van der Waals surface area contributed by atoms with Crippen molar-refractivity contribution in [1.29, 1.82) is 0 Å². The summed E-state index contributed by atoms with van der Waals surface area (Å²) < 4.78 is 9.44. The smallest absolute Gasteiger partial charge is 0.345 e. The van der Waals surface area contributed by atoms with E-state index in [0.29, 0.717) is 0 Å². The minimum Gasteiger partial charge on any atom is -0.504 e. The zero-order valence-electron chi connectivity index (χ0n) is 12.4. The van der Waals surface area contributed by atoms with Crippen molar-refractivity contribution < 1.29 is 34.2 Å². The molecule has 0 spiro atoms. The fourth-order valence-electron chi connectivity index (χ4n) is 1.63. The molecule has 1 rings (SSSR count). The molecule has 0 atom stereocenters. The summed E-state index contributed by atoms with van der Waals surface area (Å²) in [7, 11) is 0. The zero-order chi connectivity index (χ0) is 17.6. The lowest BCUT2D eigenvalue weighted by Gasteiger charge is -2.07. The summed E-state index contributed by atoms with van der Waals surface area (Å²) in [5, 5.41) is 29.7. The van der Waals surface area contributed by atoms with Gasteiger partial charge in [0.1, 0.15) is 5.57 Å². The fraction of sp³-hybridized carbons (Fsp3) is 0.286. The first-order valence-corrected chi connectivity index (χ1v) is 6.58. The van der Waals surface area contributed by atoms with Crippen LogP contribution >= 0.6 is 0 Å². The van der Waals surface area contributed by atoms with Crippen LogP contribution in [0.1, 0.15) is 19.4 Å². The van der Waals surface area contributed by atoms with Gasteiger partial charge in [0, 0.05) is 6.07 Å². The first-order valence-electron chi connectivity index (χ1n) is 6.58. The SMILES string of the molecule is CCOC(=O)C(=Cc1cc(O)c(O)c([N+](=O)[O-])c1)C(=O)OCC. The van der Waals surface area contributed by atoms with Crippen LogP contribution in [-0.4, -0.2) is 40.3 Å². The van der Waals surface area contributed by atoms with Gasteiger partial charge in [-0.2, -0.15) is 0 Å². The second-order valence-electron chi connectivity index (χ2n) is 4.16. The Morgan fingerprint density at radius 1 is 1.17 bits per heavy atom. The minimum atomic E-state index is -0.971. The van der Waals surface area contributed by atoms with Gasteiger partial charge in [-0.1, -0.05) is 0 Å². The first kappa shape index (κ1) is 18.0. The highest BCUT2D eigenvalue weighted by Gasteiger charge is 2.23. The molecule has 0 fully saturated rings. The van der Waals surface area contributed by atoms with Gasteiger partial charge < -0.3 is 19.7 Å². The summed E-state index contributed by atoms with van der Waals surface area (Å²) in [6, 6.07) is 1.86. The lowest BCUT2D eigenvalue weighted by atomic mass is 10.1. The normalized spacial score (nSPS) is 9.83. The van der Waals surface area contributed by atoms with Gasteiger partial charge in [-0.05, 0) is 31.6 Å². The van der Waals surface area contributed by atoms with Gasteiger partial charge in [0.15, 0.2) is 5.75 Å². The van der Waals surface area contributed by atoms with E-state index in [0.717, 1.165) is 18.2 Å². The molecule has 0 aliphatic rings. The molecule has 0 bridgehead atoms. The van der Waals surface area contributed by atoms with Crippen LogP contribution in [0.15, 0.2) is 17.7 Å². The van der Waals surface area contributed by atoms with Gasteiger partial charge in [0.2, 0.25) is 5.75 Å². The number of rotatable bonds is 6. The van der Waals surface area contributed by atoms with Crippen LogP contribution in [0.2, 0.25) is 0 Å². The number of phenols is 2. The second kappa shape index (κ2) is 7.78. The molecule has 0 aliphatic heterocycles. The number of esters is 2. The number of ether oxygens (including phenoxy) is 2. The van der Waals surface area contributed by atoms with Crippen LogP contribution in [0, 0.1) is 10.1 Å². The Hall–Kier alpha value is -3.10. The van der Waals surface area contributed by atoms with Crippen molar-refractivity contribution in [2.45, 2.75) is 13.8 Å². The van der Waals surface area contributed by atoms with Crippen molar-refractivity contribution in [3.63, 3.8) is 0 Å². The summed E-state index contributed by atoms with van der Waals surface area (Å²) in [6.07, 6.45) is 0.974. The standard InChI is InChI=1S/C14H15NO8/c1-3-22-13(18)9(14(19)23-4-2)5-8-6-10(15(20)21)12(17)11(16)7-8/h5-7,16-17H,3-4H2,1-2H3. The molecule has 1 aromatic carbocycles. The highest BCUT2D eigenvalue weighted by atomic mass is 16.6. The van der Waals surface area contributed by atoms with Crippen molar-refractivity contribution in [2.24, 2.45) is 0 Å². The fourth-order valence-corrected chi connectivity index (χ4v) is 1.63. The number of aromatic hydroxyl groups is 2. The van der Waals surface area contributed by atoms with Crippen LogP contribution in [0.4, 0.5) is 5.69 Å². The maximum absolute atomic E-state index is 11.8. The van der Waals surface area contributed by atoms with Gasteiger partial charge in [0.05, 0.1) is 18.1 Å². The lowest BCUT2D eigenvalue weighted by Crippen LogP contribution is -2.18. The van der Waals surface area contributed by atoms with E-state index in [2.05, 4.69) is 0 Å². The van der Waals surface area contributed by atoms with Crippen molar-refractivity contribution in [3.05, 3.63) is 33.4 Å². The van der Waals surface area contributed by atoms with Gasteiger partial charge in [0.25, 0.3) is 0 Å². The van der Waals surface area contributed by atoms with E-state index in [1.165, 1.54) is 13.8 Å². The Bertz CT molecular complexity index is 645. The number of phenolic OH excluding ortho intramolecular Hbond substituents is 2. The average molecular weight is 325 g/mol. The van der Waals surface area contributed by atoms with Crippen LogP contribution < -0.4 is 0 Å². The van der Waals surface area contributed by atoms with E-state index in [9.17, 15) is 29.9 Å². The highest BCUT2D eigenvalue weighted by Crippen LogP contribution is 2.36. The van der Waals surface area contributed by atoms with Crippen LogP contribution in [0.25, 0.3) is 6.08 Å². The Balaban J connectivity index is 3.38. The molecule has 0 unspecified atom stereocenters. The van der Waals surface area contributed by atoms with Gasteiger partial charge >= 0.3 is 17.6 Å². The predicted molar refractivity (Wildman–Crippen MR) is 77.7 cm³/mol. The number of carbonyl (C=O) groups is 2. The van der Waals surface area contributed by atoms with E-state index >= 15 is 0 Å². The number of carbonyl (C=O) groups excluding carboxylic acids is 2. The third kappa shape index (κ3) is 4.43. The molecule has 124 valence electrons. The topological polar surface area (TPSA) is 136 Å². The number of nitro benzene ring substituents is 1. The number of nitro groups is 1. The number of hydrogen-bond donors (Lipinski definition) is 2. The summed E-state index contributed by atoms with van der Waals surface area (Å²) in [4.78, 5) is 33.5. The van der Waals surface area contributed by atoms with E-state index in [-0.39, 0.29) is 18.8 Å². The number of hydrogen-bond acceptors (Lipinski definition) is 8. The van der Waals surface area contributed by atoms with Crippen molar-refractivity contribution >= 4 is 23.7 Å². The van der Waals surface area contributed by atoms with E-state index in [4.69, 9.17) is 9.47 Å². The van der Waals surface area contributed by atoms with Crippen molar-refractivity contribution in [3.8, 4) is 11.5 Å². The third-order valence-corrected chi connectivity index (χ3v) is 2.59. The highest BCUT2D eigenvalue weighted by molar-refractivity contribution is 6.17. The molecular formula is C14H15NO8. The molecule has 2 N–H and O–H groups in total. The molecule has 0 amide bonds. The largest absolute Gasteiger partial charge is 0.504 e. The van der Waals surface area contributed by atoms with Gasteiger partial charge in [-0.3, -0.25) is 10.1 Å². The molecule has 0 saturated carbocycles. The minimum absolute atomic E-state index is 0.0105. The third-order valence-electron chi connectivity index (χ3n) is 2.59. The molecule has 23 heavy (non-hydrogen) atoms. The van der Waals surface area contributed by atoms with Gasteiger partial charge in [-0.15, -0.1) is 0 Å². The van der Waals surface area contributed by atoms with Crippen LogP contribution in [-0.2, 0) is 19.1 Å². The Morgan fingerprint density at radius 3 is 2.13 bits per heavy atom. The average Bonchev–Trinajstić information content (AvgIpc) is 2.48. The van der Waals surface area contributed by atoms with E-state index in [1.54, 1.807) is 0 Å². The first-order chi connectivity index (χ1) is 10.8. The second-order valence-corrected chi connectivity index (χ2v) is 4.16. The lowest BCUT2D eigenvalue weighted by molar-refractivity contribution is -0.386. The summed E-state index contributed by atoms with van der Waals surface area (Å²) in [6.45, 7) is 3.10. The zero-order valence-corrected chi connectivity index (χ0v) is 12.4.